The van der Waals surface area contributed by atoms with Gasteiger partial charge in [0.15, 0.2) is 6.04 Å². The van der Waals surface area contributed by atoms with Crippen molar-refractivity contribution in [3.8, 4) is 0 Å². The maximum absolute atomic E-state index is 12.3. The molecule has 110 valence electrons. The fourth-order valence-corrected chi connectivity index (χ4v) is 2.17. The quantitative estimate of drug-likeness (QED) is 0.855. The first-order valence-electron chi connectivity index (χ1n) is 7.02. The number of aryl methyl sites for hydroxylation is 2. The average molecular weight is 284 g/mol. The van der Waals surface area contributed by atoms with E-state index in [2.05, 4.69) is 10.3 Å². The zero-order chi connectivity index (χ0) is 15.2. The maximum atomic E-state index is 12.3. The summed E-state index contributed by atoms with van der Waals surface area (Å²) in [5.74, 6) is -0.296. The molecule has 21 heavy (non-hydrogen) atoms. The first kappa shape index (κ1) is 15.0. The van der Waals surface area contributed by atoms with Gasteiger partial charge >= 0.3 is 5.97 Å². The lowest BCUT2D eigenvalue weighted by atomic mass is 10.0. The van der Waals surface area contributed by atoms with Crippen molar-refractivity contribution in [3.63, 3.8) is 0 Å². The smallest absolute Gasteiger partial charge is 0.333 e. The predicted molar refractivity (Wildman–Crippen MR) is 83.1 cm³/mol. The Balaban J connectivity index is 2.33. The summed E-state index contributed by atoms with van der Waals surface area (Å²) in [5, 5.41) is 3.25. The minimum atomic E-state index is -0.555. The molecular weight excluding hydrogens is 264 g/mol. The van der Waals surface area contributed by atoms with E-state index in [1.165, 1.54) is 0 Å². The van der Waals surface area contributed by atoms with Gasteiger partial charge in [0.1, 0.15) is 0 Å². The van der Waals surface area contributed by atoms with Crippen LogP contribution in [0.4, 0.5) is 5.69 Å². The number of anilines is 1. The maximum Gasteiger partial charge on any atom is 0.333 e. The molecule has 0 bridgehead atoms. The molecule has 0 fully saturated rings. The van der Waals surface area contributed by atoms with Crippen molar-refractivity contribution in [2.75, 3.05) is 11.9 Å². The molecular formula is C17H20N2O2. The molecule has 0 aliphatic heterocycles. The zero-order valence-electron chi connectivity index (χ0n) is 12.6. The van der Waals surface area contributed by atoms with Crippen LogP contribution < -0.4 is 5.32 Å². The molecule has 2 rings (SSSR count). The van der Waals surface area contributed by atoms with Gasteiger partial charge in [-0.1, -0.05) is 12.1 Å². The Morgan fingerprint density at radius 2 is 2.14 bits per heavy atom. The highest BCUT2D eigenvalue weighted by Crippen LogP contribution is 2.23. The summed E-state index contributed by atoms with van der Waals surface area (Å²) < 4.78 is 5.19. The van der Waals surface area contributed by atoms with Crippen LogP contribution in [0.2, 0.25) is 0 Å². The van der Waals surface area contributed by atoms with Crippen molar-refractivity contribution in [2.45, 2.75) is 26.8 Å². The van der Waals surface area contributed by atoms with Crippen LogP contribution in [0.25, 0.3) is 0 Å². The molecule has 2 aromatic rings. The van der Waals surface area contributed by atoms with E-state index in [0.29, 0.717) is 6.61 Å². The number of hydrogen-bond donors (Lipinski definition) is 1. The number of ether oxygens (including phenoxy) is 1. The number of aromatic nitrogens is 1. The Hall–Kier alpha value is -2.36. The van der Waals surface area contributed by atoms with Gasteiger partial charge in [0.2, 0.25) is 0 Å². The van der Waals surface area contributed by atoms with E-state index in [4.69, 9.17) is 4.74 Å². The van der Waals surface area contributed by atoms with E-state index >= 15 is 0 Å². The molecule has 1 aromatic carbocycles. The van der Waals surface area contributed by atoms with Gasteiger partial charge < -0.3 is 10.1 Å². The largest absolute Gasteiger partial charge is 0.464 e. The number of nitrogens with zero attached hydrogens (tertiary/aromatic N) is 1. The van der Waals surface area contributed by atoms with Gasteiger partial charge in [0, 0.05) is 23.6 Å². The third-order valence-electron chi connectivity index (χ3n) is 3.24. The van der Waals surface area contributed by atoms with Crippen molar-refractivity contribution >= 4 is 11.7 Å². The number of nitrogens with one attached hydrogen (secondary N) is 1. The number of esters is 1. The van der Waals surface area contributed by atoms with E-state index in [1.54, 1.807) is 19.3 Å². The summed E-state index contributed by atoms with van der Waals surface area (Å²) in [4.78, 5) is 16.4. The number of hydrogen-bond acceptors (Lipinski definition) is 4. The van der Waals surface area contributed by atoms with Crippen molar-refractivity contribution < 1.29 is 9.53 Å². The lowest BCUT2D eigenvalue weighted by molar-refractivity contribution is -0.144. The lowest BCUT2D eigenvalue weighted by Gasteiger charge is -2.20. The van der Waals surface area contributed by atoms with Crippen LogP contribution in [0.1, 0.15) is 29.7 Å². The summed E-state index contributed by atoms with van der Waals surface area (Å²) in [6.07, 6.45) is 3.42. The first-order valence-corrected chi connectivity index (χ1v) is 7.02. The molecule has 1 N–H and O–H groups in total. The van der Waals surface area contributed by atoms with Crippen LogP contribution in [0.5, 0.6) is 0 Å². The summed E-state index contributed by atoms with van der Waals surface area (Å²) in [6.45, 7) is 6.13. The molecule has 4 heteroatoms. The van der Waals surface area contributed by atoms with Gasteiger partial charge in [-0.05, 0) is 50.1 Å². The van der Waals surface area contributed by atoms with E-state index in [9.17, 15) is 4.79 Å². The summed E-state index contributed by atoms with van der Waals surface area (Å²) in [5.41, 5.74) is 3.85. The third kappa shape index (κ3) is 3.81. The van der Waals surface area contributed by atoms with Crippen molar-refractivity contribution in [1.29, 1.82) is 0 Å². The van der Waals surface area contributed by atoms with Crippen molar-refractivity contribution in [3.05, 3.63) is 59.4 Å². The first-order chi connectivity index (χ1) is 10.1. The highest BCUT2D eigenvalue weighted by atomic mass is 16.5. The summed E-state index contributed by atoms with van der Waals surface area (Å²) in [6, 6.07) is 9.23. The molecule has 1 aromatic heterocycles. The Morgan fingerprint density at radius 1 is 1.33 bits per heavy atom. The second kappa shape index (κ2) is 6.88. The van der Waals surface area contributed by atoms with Crippen LogP contribution in [-0.4, -0.2) is 17.6 Å². The van der Waals surface area contributed by atoms with Crippen LogP contribution in [0, 0.1) is 13.8 Å². The topological polar surface area (TPSA) is 51.2 Å². The fraction of sp³-hybridized carbons (Fsp3) is 0.294. The third-order valence-corrected chi connectivity index (χ3v) is 3.24. The second-order valence-electron chi connectivity index (χ2n) is 4.93. The molecule has 0 aliphatic rings. The molecule has 0 amide bonds. The van der Waals surface area contributed by atoms with E-state index in [1.807, 2.05) is 44.2 Å². The van der Waals surface area contributed by atoms with Gasteiger partial charge in [-0.25, -0.2) is 4.79 Å². The minimum absolute atomic E-state index is 0.296. The van der Waals surface area contributed by atoms with Gasteiger partial charge in [-0.2, -0.15) is 0 Å². The van der Waals surface area contributed by atoms with Crippen LogP contribution in [-0.2, 0) is 9.53 Å². The fourth-order valence-electron chi connectivity index (χ4n) is 2.17. The molecule has 1 heterocycles. The zero-order valence-corrected chi connectivity index (χ0v) is 12.6. The highest BCUT2D eigenvalue weighted by molar-refractivity contribution is 5.81. The van der Waals surface area contributed by atoms with Crippen LogP contribution in [0.15, 0.2) is 42.7 Å². The van der Waals surface area contributed by atoms with Crippen LogP contribution >= 0.6 is 0 Å². The Kier molecular flexibility index (Phi) is 4.93. The molecule has 0 aliphatic carbocycles. The molecule has 0 saturated heterocycles. The highest BCUT2D eigenvalue weighted by Gasteiger charge is 2.23. The summed E-state index contributed by atoms with van der Waals surface area (Å²) in [7, 11) is 0. The molecule has 1 atom stereocenters. The van der Waals surface area contributed by atoms with E-state index < -0.39 is 6.04 Å². The predicted octanol–water partition coefficient (Wildman–Crippen LogP) is 3.41. The van der Waals surface area contributed by atoms with Gasteiger partial charge in [-0.15, -0.1) is 0 Å². The normalized spacial score (nSPS) is 11.8. The SMILES string of the molecule is CCOC(=O)C(Nc1cccc(C)c1)c1cnccc1C. The van der Waals surface area contributed by atoms with Gasteiger partial charge in [-0.3, -0.25) is 4.98 Å². The lowest BCUT2D eigenvalue weighted by Crippen LogP contribution is -2.24. The molecule has 0 saturated carbocycles. The number of benzene rings is 1. The number of pyridine rings is 1. The van der Waals surface area contributed by atoms with E-state index in [-0.39, 0.29) is 5.97 Å². The average Bonchev–Trinajstić information content (AvgIpc) is 2.46. The monoisotopic (exact) mass is 284 g/mol. The van der Waals surface area contributed by atoms with Crippen molar-refractivity contribution in [1.82, 2.24) is 4.98 Å². The molecule has 1 unspecified atom stereocenters. The van der Waals surface area contributed by atoms with Gasteiger partial charge in [0.05, 0.1) is 6.61 Å². The Labute approximate surface area is 125 Å². The van der Waals surface area contributed by atoms with Crippen LogP contribution in [0.3, 0.4) is 0 Å². The second-order valence-corrected chi connectivity index (χ2v) is 4.93. The number of carbonyl (C=O) groups excluding carboxylic acids is 1. The Morgan fingerprint density at radius 3 is 2.81 bits per heavy atom. The molecule has 4 nitrogen and oxygen atoms in total. The van der Waals surface area contributed by atoms with Crippen molar-refractivity contribution in [2.24, 2.45) is 0 Å². The number of carbonyl (C=O) groups is 1. The Bertz CT molecular complexity index is 626. The van der Waals surface area contributed by atoms with Gasteiger partial charge in [0.25, 0.3) is 0 Å². The summed E-state index contributed by atoms with van der Waals surface area (Å²) >= 11 is 0. The van der Waals surface area contributed by atoms with E-state index in [0.717, 1.165) is 22.4 Å². The minimum Gasteiger partial charge on any atom is -0.464 e. The molecule has 0 spiro atoms. The molecule has 0 radical (unpaired) electrons. The number of rotatable bonds is 5. The standard InChI is InChI=1S/C17H20N2O2/c1-4-21-17(20)16(15-11-18-9-8-13(15)3)19-14-7-5-6-12(2)10-14/h5-11,16,19H,4H2,1-3H3.